The van der Waals surface area contributed by atoms with E-state index in [1.165, 1.54) is 12.3 Å². The summed E-state index contributed by atoms with van der Waals surface area (Å²) in [6, 6.07) is 8.05. The van der Waals surface area contributed by atoms with Gasteiger partial charge in [0.15, 0.2) is 5.75 Å². The van der Waals surface area contributed by atoms with Gasteiger partial charge in [0.2, 0.25) is 5.88 Å². The van der Waals surface area contributed by atoms with Crippen LogP contribution in [0.1, 0.15) is 10.4 Å². The van der Waals surface area contributed by atoms with Gasteiger partial charge >= 0.3 is 0 Å². The molecule has 0 aliphatic rings. The molecule has 2 rings (SSSR count). The van der Waals surface area contributed by atoms with Crippen LogP contribution in [0.25, 0.3) is 0 Å². The Morgan fingerprint density at radius 1 is 1.28 bits per heavy atom. The van der Waals surface area contributed by atoms with Gasteiger partial charge in [0, 0.05) is 6.20 Å². The maximum atomic E-state index is 11.2. The molecule has 0 fully saturated rings. The van der Waals surface area contributed by atoms with Gasteiger partial charge in [-0.3, -0.25) is 4.79 Å². The van der Waals surface area contributed by atoms with E-state index in [-0.39, 0.29) is 17.2 Å². The number of benzene rings is 1. The lowest BCUT2D eigenvalue weighted by molar-refractivity contribution is 0.0997. The molecule has 1 amide bonds. The van der Waals surface area contributed by atoms with Crippen LogP contribution in [-0.4, -0.2) is 10.9 Å². The van der Waals surface area contributed by atoms with Crippen molar-refractivity contribution in [2.45, 2.75) is 0 Å². The summed E-state index contributed by atoms with van der Waals surface area (Å²) >= 11 is 5.96. The van der Waals surface area contributed by atoms with Gasteiger partial charge in [-0.2, -0.15) is 0 Å². The second kappa shape index (κ2) is 4.93. The molecule has 0 atom stereocenters. The number of rotatable bonds is 3. The maximum Gasteiger partial charge on any atom is 0.254 e. The minimum absolute atomic E-state index is 0.0739. The van der Waals surface area contributed by atoms with E-state index >= 15 is 0 Å². The molecule has 4 N–H and O–H groups in total. The van der Waals surface area contributed by atoms with E-state index in [2.05, 4.69) is 4.98 Å². The van der Waals surface area contributed by atoms with Crippen molar-refractivity contribution in [3.63, 3.8) is 0 Å². The molecule has 2 aromatic rings. The monoisotopic (exact) mass is 263 g/mol. The average Bonchev–Trinajstić information content (AvgIpc) is 2.34. The molecule has 0 spiro atoms. The number of pyridine rings is 1. The quantitative estimate of drug-likeness (QED) is 0.831. The fourth-order valence-electron chi connectivity index (χ4n) is 1.39. The molecule has 0 radical (unpaired) electrons. The van der Waals surface area contributed by atoms with Crippen molar-refractivity contribution >= 4 is 23.2 Å². The van der Waals surface area contributed by atoms with Gasteiger partial charge < -0.3 is 16.2 Å². The minimum Gasteiger partial charge on any atom is -0.434 e. The number of halogens is 1. The van der Waals surface area contributed by atoms with Crippen LogP contribution >= 0.6 is 11.6 Å². The summed E-state index contributed by atoms with van der Waals surface area (Å²) in [6.07, 6.45) is 1.48. The summed E-state index contributed by atoms with van der Waals surface area (Å²) < 4.78 is 5.46. The Hall–Kier alpha value is -2.27. The Morgan fingerprint density at radius 2 is 2.06 bits per heavy atom. The topological polar surface area (TPSA) is 91.2 Å². The first-order valence-corrected chi connectivity index (χ1v) is 5.44. The second-order valence-electron chi connectivity index (χ2n) is 3.48. The fraction of sp³-hybridized carbons (Fsp3) is 0. The number of carbonyl (C=O) groups is 1. The lowest BCUT2D eigenvalue weighted by atomic mass is 10.2. The predicted octanol–water partition coefficient (Wildman–Crippen LogP) is 2.21. The van der Waals surface area contributed by atoms with Crippen molar-refractivity contribution in [2.24, 2.45) is 5.73 Å². The number of amides is 1. The van der Waals surface area contributed by atoms with Gasteiger partial charge in [-0.25, -0.2) is 4.98 Å². The average molecular weight is 264 g/mol. The molecule has 5 nitrogen and oxygen atoms in total. The Morgan fingerprint density at radius 3 is 2.72 bits per heavy atom. The highest BCUT2D eigenvalue weighted by molar-refractivity contribution is 6.32. The highest BCUT2D eigenvalue weighted by atomic mass is 35.5. The van der Waals surface area contributed by atoms with Gasteiger partial charge in [0.05, 0.1) is 10.7 Å². The molecule has 1 aromatic heterocycles. The van der Waals surface area contributed by atoms with E-state index < -0.39 is 5.91 Å². The van der Waals surface area contributed by atoms with Gasteiger partial charge in [-0.05, 0) is 24.3 Å². The molecule has 0 aliphatic carbocycles. The van der Waals surface area contributed by atoms with Crippen LogP contribution < -0.4 is 16.2 Å². The predicted molar refractivity (Wildman–Crippen MR) is 68.7 cm³/mol. The number of nitrogen functional groups attached to an aromatic ring is 1. The van der Waals surface area contributed by atoms with Gasteiger partial charge in [-0.15, -0.1) is 0 Å². The molecule has 0 saturated carbocycles. The summed E-state index contributed by atoms with van der Waals surface area (Å²) in [6.45, 7) is 0. The zero-order valence-corrected chi connectivity index (χ0v) is 10.0. The zero-order valence-electron chi connectivity index (χ0n) is 9.26. The number of anilines is 1. The van der Waals surface area contributed by atoms with Crippen molar-refractivity contribution in [3.05, 3.63) is 47.1 Å². The molecule has 0 bridgehead atoms. The number of nitrogens with zero attached hydrogens (tertiary/aromatic N) is 1. The summed E-state index contributed by atoms with van der Waals surface area (Å²) in [7, 11) is 0. The van der Waals surface area contributed by atoms with E-state index in [9.17, 15) is 4.79 Å². The Bertz CT molecular complexity index is 581. The highest BCUT2D eigenvalue weighted by Gasteiger charge is 2.14. The third kappa shape index (κ3) is 2.36. The van der Waals surface area contributed by atoms with Crippen molar-refractivity contribution in [2.75, 3.05) is 5.73 Å². The molecule has 0 unspecified atom stereocenters. The van der Waals surface area contributed by atoms with E-state index in [0.29, 0.717) is 10.7 Å². The summed E-state index contributed by atoms with van der Waals surface area (Å²) in [5.41, 5.74) is 11.5. The zero-order chi connectivity index (χ0) is 13.1. The summed E-state index contributed by atoms with van der Waals surface area (Å²) in [5, 5.41) is 0.330. The van der Waals surface area contributed by atoms with Crippen molar-refractivity contribution in [1.29, 1.82) is 0 Å². The SMILES string of the molecule is NC(=O)c1cccnc1Oc1c(N)cccc1Cl. The van der Waals surface area contributed by atoms with Crippen LogP contribution in [-0.2, 0) is 0 Å². The van der Waals surface area contributed by atoms with Crippen molar-refractivity contribution < 1.29 is 9.53 Å². The van der Waals surface area contributed by atoms with Crippen LogP contribution in [0.4, 0.5) is 5.69 Å². The normalized spacial score (nSPS) is 10.1. The number of ether oxygens (including phenoxy) is 1. The number of primary amides is 1. The van der Waals surface area contributed by atoms with E-state index in [0.717, 1.165) is 0 Å². The minimum atomic E-state index is -0.635. The lowest BCUT2D eigenvalue weighted by Crippen LogP contribution is -2.13. The van der Waals surface area contributed by atoms with Gasteiger partial charge in [0.25, 0.3) is 5.91 Å². The third-order valence-electron chi connectivity index (χ3n) is 2.23. The highest BCUT2D eigenvalue weighted by Crippen LogP contribution is 2.34. The number of aromatic nitrogens is 1. The fourth-order valence-corrected chi connectivity index (χ4v) is 1.61. The molecule has 0 aliphatic heterocycles. The Kier molecular flexibility index (Phi) is 3.34. The maximum absolute atomic E-state index is 11.2. The lowest BCUT2D eigenvalue weighted by Gasteiger charge is -2.10. The molecule has 1 heterocycles. The van der Waals surface area contributed by atoms with Crippen molar-refractivity contribution in [1.82, 2.24) is 4.98 Å². The van der Waals surface area contributed by atoms with E-state index in [4.69, 9.17) is 27.8 Å². The van der Waals surface area contributed by atoms with Crippen molar-refractivity contribution in [3.8, 4) is 11.6 Å². The van der Waals surface area contributed by atoms with Gasteiger partial charge in [0.1, 0.15) is 5.56 Å². The van der Waals surface area contributed by atoms with Gasteiger partial charge in [-0.1, -0.05) is 17.7 Å². The standard InChI is InChI=1S/C12H10ClN3O2/c13-8-4-1-5-9(14)10(8)18-12-7(11(15)17)3-2-6-16-12/h1-6H,14H2,(H2,15,17). The number of hydrogen-bond donors (Lipinski definition) is 2. The molecule has 92 valence electrons. The summed E-state index contributed by atoms with van der Waals surface area (Å²) in [4.78, 5) is 15.2. The third-order valence-corrected chi connectivity index (χ3v) is 2.53. The van der Waals surface area contributed by atoms with Crippen LogP contribution in [0.3, 0.4) is 0 Å². The molecular formula is C12H10ClN3O2. The molecular weight excluding hydrogens is 254 g/mol. The molecule has 18 heavy (non-hydrogen) atoms. The number of carbonyl (C=O) groups excluding carboxylic acids is 1. The summed E-state index contributed by atoms with van der Waals surface area (Å²) in [5.74, 6) is -0.311. The first-order chi connectivity index (χ1) is 8.59. The molecule has 0 saturated heterocycles. The number of hydrogen-bond acceptors (Lipinski definition) is 4. The van der Waals surface area contributed by atoms with E-state index in [1.807, 2.05) is 0 Å². The van der Waals surface area contributed by atoms with Crippen LogP contribution in [0.5, 0.6) is 11.6 Å². The number of nitrogens with two attached hydrogens (primary N) is 2. The Labute approximate surface area is 108 Å². The molecule has 1 aromatic carbocycles. The van der Waals surface area contributed by atoms with Crippen LogP contribution in [0.2, 0.25) is 5.02 Å². The Balaban J connectivity index is 2.43. The largest absolute Gasteiger partial charge is 0.434 e. The van der Waals surface area contributed by atoms with Crippen LogP contribution in [0.15, 0.2) is 36.5 Å². The first kappa shape index (κ1) is 12.2. The smallest absolute Gasteiger partial charge is 0.254 e. The second-order valence-corrected chi connectivity index (χ2v) is 3.89. The van der Waals surface area contributed by atoms with Crippen LogP contribution in [0, 0.1) is 0 Å². The molecule has 6 heteroatoms. The number of para-hydroxylation sites is 1. The first-order valence-electron chi connectivity index (χ1n) is 5.06. The van der Waals surface area contributed by atoms with E-state index in [1.54, 1.807) is 24.3 Å².